The summed E-state index contributed by atoms with van der Waals surface area (Å²) in [6.45, 7) is 2.60. The number of aldehydes is 1. The minimum atomic E-state index is -0.729. The molecule has 2 rings (SSSR count). The maximum Gasteiger partial charge on any atom is 0.284 e. The van der Waals surface area contributed by atoms with Crippen molar-refractivity contribution in [3.8, 4) is 11.5 Å². The Hall–Kier alpha value is -2.48. The third-order valence-corrected chi connectivity index (χ3v) is 4.14. The Kier molecular flexibility index (Phi) is 6.46. The second kappa shape index (κ2) is 8.57. The molecule has 2 atom stereocenters. The van der Waals surface area contributed by atoms with Crippen molar-refractivity contribution in [2.24, 2.45) is 11.8 Å². The number of ether oxygens (including phenoxy) is 3. The summed E-state index contributed by atoms with van der Waals surface area (Å²) in [5.41, 5.74) is -0.471. The molecule has 0 aliphatic carbocycles. The quantitative estimate of drug-likeness (QED) is 0.221. The van der Waals surface area contributed by atoms with E-state index in [1.165, 1.54) is 19.2 Å². The molecule has 1 aliphatic heterocycles. The Morgan fingerprint density at radius 2 is 2.16 bits per heavy atom. The van der Waals surface area contributed by atoms with Crippen LogP contribution in [0.15, 0.2) is 12.1 Å². The van der Waals surface area contributed by atoms with Crippen LogP contribution in [-0.4, -0.2) is 43.9 Å². The normalized spacial score (nSPS) is 19.4. The molecule has 0 spiro atoms. The van der Waals surface area contributed by atoms with E-state index in [4.69, 9.17) is 14.2 Å². The molecule has 0 N–H and O–H groups in total. The molecule has 1 aromatic rings. The summed E-state index contributed by atoms with van der Waals surface area (Å²) < 4.78 is 15.9. The number of carbonyl (C=O) groups is 2. The van der Waals surface area contributed by atoms with Crippen LogP contribution in [0.4, 0.5) is 5.69 Å². The van der Waals surface area contributed by atoms with Crippen LogP contribution in [0.2, 0.25) is 0 Å². The van der Waals surface area contributed by atoms with Gasteiger partial charge in [0.1, 0.15) is 6.29 Å². The molecular weight excluding hydrogens is 330 g/mol. The Balaban J connectivity index is 2.40. The summed E-state index contributed by atoms with van der Waals surface area (Å²) in [6.07, 6.45) is 2.36. The summed E-state index contributed by atoms with van der Waals surface area (Å²) in [7, 11) is 1.40. The highest BCUT2D eigenvalue weighted by molar-refractivity contribution is 6.03. The van der Waals surface area contributed by atoms with Crippen molar-refractivity contribution in [3.63, 3.8) is 0 Å². The number of Topliss-reactive ketones (excluding diaryl/α,β-unsaturated/α-hetero) is 1. The van der Waals surface area contributed by atoms with Crippen LogP contribution in [0.5, 0.6) is 11.5 Å². The zero-order valence-electron chi connectivity index (χ0n) is 14.2. The van der Waals surface area contributed by atoms with Crippen molar-refractivity contribution in [1.82, 2.24) is 0 Å². The van der Waals surface area contributed by atoms with E-state index in [1.54, 1.807) is 0 Å². The number of hydrogen-bond donors (Lipinski definition) is 0. The molecular formula is C17H21NO7. The number of unbranched alkanes of at least 4 members (excludes halogenated alkanes) is 1. The highest BCUT2D eigenvalue weighted by Gasteiger charge is 2.37. The van der Waals surface area contributed by atoms with Gasteiger partial charge in [-0.15, -0.1) is 0 Å². The van der Waals surface area contributed by atoms with Crippen LogP contribution in [-0.2, 0) is 9.53 Å². The molecule has 0 bridgehead atoms. The van der Waals surface area contributed by atoms with Crippen molar-refractivity contribution in [2.75, 3.05) is 26.9 Å². The van der Waals surface area contributed by atoms with E-state index in [1.807, 2.05) is 6.92 Å². The number of nitro groups is 1. The SMILES string of the molecule is CCCCOc1cc([N+](=O)[O-])c(C(=O)C2COC[C@H]2C=O)cc1OC. The number of ketones is 1. The lowest BCUT2D eigenvalue weighted by atomic mass is 9.88. The lowest BCUT2D eigenvalue weighted by Gasteiger charge is -2.15. The van der Waals surface area contributed by atoms with Crippen LogP contribution in [0.1, 0.15) is 30.1 Å². The molecule has 0 saturated carbocycles. The van der Waals surface area contributed by atoms with Gasteiger partial charge in [0.05, 0.1) is 55.3 Å². The summed E-state index contributed by atoms with van der Waals surface area (Å²) in [5.74, 6) is -1.37. The van der Waals surface area contributed by atoms with Gasteiger partial charge in [-0.25, -0.2) is 0 Å². The molecule has 1 unspecified atom stereocenters. The van der Waals surface area contributed by atoms with Gasteiger partial charge in [0.15, 0.2) is 17.3 Å². The van der Waals surface area contributed by atoms with Crippen molar-refractivity contribution >= 4 is 17.8 Å². The Bertz CT molecular complexity index is 659. The number of nitro benzene ring substituents is 1. The van der Waals surface area contributed by atoms with E-state index >= 15 is 0 Å². The molecule has 136 valence electrons. The fourth-order valence-electron chi connectivity index (χ4n) is 2.67. The minimum absolute atomic E-state index is 0.0659. The Morgan fingerprint density at radius 1 is 1.40 bits per heavy atom. The van der Waals surface area contributed by atoms with Gasteiger partial charge in [0.25, 0.3) is 5.69 Å². The third kappa shape index (κ3) is 4.14. The highest BCUT2D eigenvalue weighted by atomic mass is 16.6. The van der Waals surface area contributed by atoms with E-state index in [9.17, 15) is 19.7 Å². The van der Waals surface area contributed by atoms with E-state index in [0.717, 1.165) is 12.8 Å². The lowest BCUT2D eigenvalue weighted by molar-refractivity contribution is -0.385. The number of nitrogens with zero attached hydrogens (tertiary/aromatic N) is 1. The lowest BCUT2D eigenvalue weighted by Crippen LogP contribution is -2.24. The van der Waals surface area contributed by atoms with Gasteiger partial charge < -0.3 is 19.0 Å². The summed E-state index contributed by atoms with van der Waals surface area (Å²) in [5, 5.41) is 11.4. The summed E-state index contributed by atoms with van der Waals surface area (Å²) >= 11 is 0. The molecule has 8 nitrogen and oxygen atoms in total. The molecule has 1 aromatic carbocycles. The van der Waals surface area contributed by atoms with Gasteiger partial charge in [0.2, 0.25) is 0 Å². The average Bonchev–Trinajstić information content (AvgIpc) is 3.09. The highest BCUT2D eigenvalue weighted by Crippen LogP contribution is 2.37. The average molecular weight is 351 g/mol. The largest absolute Gasteiger partial charge is 0.493 e. The number of carbonyl (C=O) groups excluding carboxylic acids is 2. The monoisotopic (exact) mass is 351 g/mol. The molecule has 1 heterocycles. The first-order valence-corrected chi connectivity index (χ1v) is 8.09. The van der Waals surface area contributed by atoms with Crippen LogP contribution in [0, 0.1) is 22.0 Å². The summed E-state index contributed by atoms with van der Waals surface area (Å²) in [6, 6.07) is 2.51. The van der Waals surface area contributed by atoms with Crippen molar-refractivity contribution in [2.45, 2.75) is 19.8 Å². The van der Waals surface area contributed by atoms with Crippen molar-refractivity contribution < 1.29 is 28.7 Å². The standard InChI is InChI=1S/C17H21NO7/c1-3-4-5-25-16-7-14(18(21)22)12(6-15(16)23-2)17(20)13-10-24-9-11(13)8-19/h6-8,11,13H,3-5,9-10H2,1-2H3/t11-,13?/m1/s1. The van der Waals surface area contributed by atoms with E-state index in [0.29, 0.717) is 12.9 Å². The van der Waals surface area contributed by atoms with Gasteiger partial charge in [0, 0.05) is 6.07 Å². The second-order valence-corrected chi connectivity index (χ2v) is 5.79. The molecule has 0 aromatic heterocycles. The molecule has 1 saturated heterocycles. The number of hydrogen-bond acceptors (Lipinski definition) is 7. The summed E-state index contributed by atoms with van der Waals surface area (Å²) in [4.78, 5) is 34.6. The zero-order chi connectivity index (χ0) is 18.4. The van der Waals surface area contributed by atoms with Gasteiger partial charge >= 0.3 is 0 Å². The predicted octanol–water partition coefficient (Wildman–Crippen LogP) is 2.43. The molecule has 0 amide bonds. The van der Waals surface area contributed by atoms with Crippen molar-refractivity contribution in [3.05, 3.63) is 27.8 Å². The molecule has 1 fully saturated rings. The molecule has 1 aliphatic rings. The second-order valence-electron chi connectivity index (χ2n) is 5.79. The van der Waals surface area contributed by atoms with Crippen LogP contribution >= 0.6 is 0 Å². The minimum Gasteiger partial charge on any atom is -0.493 e. The Morgan fingerprint density at radius 3 is 2.76 bits per heavy atom. The molecule has 25 heavy (non-hydrogen) atoms. The first-order valence-electron chi connectivity index (χ1n) is 8.09. The maximum atomic E-state index is 12.7. The van der Waals surface area contributed by atoms with Crippen LogP contribution in [0.25, 0.3) is 0 Å². The topological polar surface area (TPSA) is 105 Å². The van der Waals surface area contributed by atoms with Gasteiger partial charge in [-0.3, -0.25) is 14.9 Å². The van der Waals surface area contributed by atoms with Crippen molar-refractivity contribution in [1.29, 1.82) is 0 Å². The number of methoxy groups -OCH3 is 1. The van der Waals surface area contributed by atoms with Gasteiger partial charge in [-0.1, -0.05) is 13.3 Å². The first kappa shape index (κ1) is 18.9. The Labute approximate surface area is 145 Å². The molecule has 8 heteroatoms. The maximum absolute atomic E-state index is 12.7. The van der Waals surface area contributed by atoms with Gasteiger partial charge in [-0.2, -0.15) is 0 Å². The number of rotatable bonds is 9. The zero-order valence-corrected chi connectivity index (χ0v) is 14.2. The third-order valence-electron chi connectivity index (χ3n) is 4.14. The van der Waals surface area contributed by atoms with E-state index in [2.05, 4.69) is 0 Å². The van der Waals surface area contributed by atoms with Gasteiger partial charge in [-0.05, 0) is 6.42 Å². The fourth-order valence-corrected chi connectivity index (χ4v) is 2.67. The van der Waals surface area contributed by atoms with Crippen LogP contribution in [0.3, 0.4) is 0 Å². The predicted molar refractivity (Wildman–Crippen MR) is 88.2 cm³/mol. The molecule has 0 radical (unpaired) electrons. The van der Waals surface area contributed by atoms with Crippen LogP contribution < -0.4 is 9.47 Å². The van der Waals surface area contributed by atoms with E-state index < -0.39 is 22.5 Å². The first-order chi connectivity index (χ1) is 12.0. The number of benzene rings is 1. The van der Waals surface area contributed by atoms with E-state index in [-0.39, 0.29) is 36.0 Å². The fraction of sp³-hybridized carbons (Fsp3) is 0.529. The smallest absolute Gasteiger partial charge is 0.284 e.